The fourth-order valence-corrected chi connectivity index (χ4v) is 4.74. The number of rotatable bonds is 8. The lowest BCUT2D eigenvalue weighted by Gasteiger charge is -2.40. The average Bonchev–Trinajstić information content (AvgIpc) is 3.29. The minimum absolute atomic E-state index is 0. The Morgan fingerprint density at radius 2 is 1.32 bits per heavy atom. The first kappa shape index (κ1) is 26.1. The maximum absolute atomic E-state index is 10.4. The molecular weight excluding hydrogens is 431 g/mol. The molecule has 4 nitrogen and oxygen atoms in total. The second kappa shape index (κ2) is 13.4. The van der Waals surface area contributed by atoms with Crippen LogP contribution in [-0.4, -0.2) is 66.4 Å². The molecule has 1 saturated heterocycles. The van der Waals surface area contributed by atoms with E-state index < -0.39 is 0 Å². The second-order valence-electron chi connectivity index (χ2n) is 8.45. The minimum atomic E-state index is -0.388. The Morgan fingerprint density at radius 3 is 1.84 bits per heavy atom. The van der Waals surface area contributed by atoms with E-state index in [0.717, 1.165) is 39.0 Å². The molecule has 1 aliphatic heterocycles. The van der Waals surface area contributed by atoms with Crippen LogP contribution in [0.15, 0.2) is 60.7 Å². The summed E-state index contributed by atoms with van der Waals surface area (Å²) in [5, 5.41) is 10.4. The van der Waals surface area contributed by atoms with Crippen LogP contribution >= 0.6 is 24.8 Å². The maximum atomic E-state index is 10.4. The number of hydrogen-bond donors (Lipinski definition) is 1. The molecule has 1 unspecified atom stereocenters. The molecule has 2 aromatic carbocycles. The number of benzene rings is 2. The van der Waals surface area contributed by atoms with Crippen molar-refractivity contribution in [3.63, 3.8) is 0 Å². The van der Waals surface area contributed by atoms with Crippen LogP contribution < -0.4 is 0 Å². The molecule has 1 atom stereocenters. The predicted molar refractivity (Wildman–Crippen MR) is 131 cm³/mol. The molecule has 1 heterocycles. The Balaban J connectivity index is 0.00000171. The lowest BCUT2D eigenvalue weighted by atomic mass is 9.96. The van der Waals surface area contributed by atoms with Crippen molar-refractivity contribution in [2.24, 2.45) is 0 Å². The zero-order valence-electron chi connectivity index (χ0n) is 18.1. The minimum Gasteiger partial charge on any atom is -0.389 e. The standard InChI is InChI=1S/C25H34N2O2.2ClH/c28-23(20-29-24-13-7-8-14-24)19-26-15-17-27(18-16-26)25(21-9-3-1-4-10-21)22-11-5-2-6-12-22;;/h1-6,9-12,23-25,28H,7-8,13-20H2;2*1H. The molecule has 0 amide bonds. The van der Waals surface area contributed by atoms with Crippen molar-refractivity contribution in [2.75, 3.05) is 39.3 Å². The summed E-state index contributed by atoms with van der Waals surface area (Å²) < 4.78 is 5.89. The average molecular weight is 467 g/mol. The largest absolute Gasteiger partial charge is 0.389 e. The van der Waals surface area contributed by atoms with Gasteiger partial charge >= 0.3 is 0 Å². The van der Waals surface area contributed by atoms with Gasteiger partial charge in [0.25, 0.3) is 0 Å². The lowest BCUT2D eigenvalue weighted by molar-refractivity contribution is -0.0245. The number of aliphatic hydroxyl groups is 1. The van der Waals surface area contributed by atoms with Crippen LogP contribution in [0.1, 0.15) is 42.9 Å². The fraction of sp³-hybridized carbons (Fsp3) is 0.520. The van der Waals surface area contributed by atoms with Crippen molar-refractivity contribution < 1.29 is 9.84 Å². The smallest absolute Gasteiger partial charge is 0.0900 e. The molecule has 2 aliphatic rings. The molecule has 6 heteroatoms. The number of halogens is 2. The Bertz CT molecular complexity index is 681. The first-order valence-corrected chi connectivity index (χ1v) is 11.2. The fourth-order valence-electron chi connectivity index (χ4n) is 4.74. The molecule has 172 valence electrons. The van der Waals surface area contributed by atoms with Gasteiger partial charge in [-0.3, -0.25) is 9.80 Å². The molecule has 31 heavy (non-hydrogen) atoms. The van der Waals surface area contributed by atoms with Gasteiger partial charge in [-0.1, -0.05) is 73.5 Å². The van der Waals surface area contributed by atoms with E-state index in [9.17, 15) is 5.11 Å². The van der Waals surface area contributed by atoms with Gasteiger partial charge in [0, 0.05) is 32.7 Å². The molecule has 0 spiro atoms. The third-order valence-corrected chi connectivity index (χ3v) is 6.30. The van der Waals surface area contributed by atoms with E-state index in [4.69, 9.17) is 4.74 Å². The number of nitrogens with zero attached hydrogens (tertiary/aromatic N) is 2. The van der Waals surface area contributed by atoms with Crippen molar-refractivity contribution in [1.82, 2.24) is 9.80 Å². The topological polar surface area (TPSA) is 35.9 Å². The summed E-state index contributed by atoms with van der Waals surface area (Å²) in [7, 11) is 0. The highest BCUT2D eigenvalue weighted by Gasteiger charge is 2.27. The van der Waals surface area contributed by atoms with Crippen LogP contribution in [0.25, 0.3) is 0 Å². The van der Waals surface area contributed by atoms with E-state index in [1.165, 1.54) is 24.0 Å². The highest BCUT2D eigenvalue weighted by molar-refractivity contribution is 5.85. The van der Waals surface area contributed by atoms with Crippen molar-refractivity contribution in [3.8, 4) is 0 Å². The van der Waals surface area contributed by atoms with Crippen molar-refractivity contribution in [1.29, 1.82) is 0 Å². The molecule has 1 saturated carbocycles. The first-order chi connectivity index (χ1) is 14.3. The monoisotopic (exact) mass is 466 g/mol. The zero-order chi connectivity index (χ0) is 19.9. The van der Waals surface area contributed by atoms with Gasteiger partial charge in [0.05, 0.1) is 24.9 Å². The predicted octanol–water partition coefficient (Wildman–Crippen LogP) is 4.56. The molecular formula is C25H36Cl2N2O2. The van der Waals surface area contributed by atoms with Crippen molar-refractivity contribution in [3.05, 3.63) is 71.8 Å². The van der Waals surface area contributed by atoms with Crippen LogP contribution in [0.4, 0.5) is 0 Å². The number of piperazine rings is 1. The van der Waals surface area contributed by atoms with Crippen LogP contribution in [0, 0.1) is 0 Å². The third kappa shape index (κ3) is 7.45. The summed E-state index contributed by atoms with van der Waals surface area (Å²) >= 11 is 0. The van der Waals surface area contributed by atoms with Crippen LogP contribution in [0.3, 0.4) is 0 Å². The normalized spacial score (nSPS) is 19.0. The van der Waals surface area contributed by atoms with Gasteiger partial charge in [0.1, 0.15) is 0 Å². The Morgan fingerprint density at radius 1 is 0.806 bits per heavy atom. The van der Waals surface area contributed by atoms with Crippen molar-refractivity contribution in [2.45, 2.75) is 43.9 Å². The first-order valence-electron chi connectivity index (χ1n) is 11.2. The van der Waals surface area contributed by atoms with Crippen molar-refractivity contribution >= 4 is 24.8 Å². The summed E-state index contributed by atoms with van der Waals surface area (Å²) in [5.41, 5.74) is 2.69. The van der Waals surface area contributed by atoms with Gasteiger partial charge in [0.15, 0.2) is 0 Å². The van der Waals surface area contributed by atoms with Crippen LogP contribution in [0.2, 0.25) is 0 Å². The molecule has 1 N–H and O–H groups in total. The summed E-state index contributed by atoms with van der Waals surface area (Å²) in [5.74, 6) is 0. The molecule has 0 aromatic heterocycles. The number of ether oxygens (including phenoxy) is 1. The molecule has 0 radical (unpaired) electrons. The van der Waals surface area contributed by atoms with Gasteiger partial charge in [-0.2, -0.15) is 0 Å². The highest BCUT2D eigenvalue weighted by atomic mass is 35.5. The Kier molecular flexibility index (Phi) is 11.3. The van der Waals surface area contributed by atoms with Gasteiger partial charge < -0.3 is 9.84 Å². The van der Waals surface area contributed by atoms with E-state index in [1.807, 2.05) is 0 Å². The summed E-state index contributed by atoms with van der Waals surface area (Å²) in [6, 6.07) is 21.9. The lowest BCUT2D eigenvalue weighted by Crippen LogP contribution is -2.50. The summed E-state index contributed by atoms with van der Waals surface area (Å²) in [6.45, 7) is 5.16. The molecule has 2 aromatic rings. The van der Waals surface area contributed by atoms with E-state index in [0.29, 0.717) is 19.3 Å². The molecule has 4 rings (SSSR count). The van der Waals surface area contributed by atoms with Gasteiger partial charge in [-0.05, 0) is 24.0 Å². The van der Waals surface area contributed by atoms with Crippen LogP contribution in [0.5, 0.6) is 0 Å². The van der Waals surface area contributed by atoms with E-state index in [2.05, 4.69) is 70.5 Å². The van der Waals surface area contributed by atoms with Gasteiger partial charge in [-0.15, -0.1) is 24.8 Å². The quantitative estimate of drug-likeness (QED) is 0.618. The summed E-state index contributed by atoms with van der Waals surface area (Å²) in [4.78, 5) is 4.95. The maximum Gasteiger partial charge on any atom is 0.0900 e. The Hall–Kier alpha value is -1.14. The van der Waals surface area contributed by atoms with E-state index in [1.54, 1.807) is 0 Å². The highest BCUT2D eigenvalue weighted by Crippen LogP contribution is 2.29. The molecule has 1 aliphatic carbocycles. The number of aliphatic hydroxyl groups excluding tert-OH is 1. The third-order valence-electron chi connectivity index (χ3n) is 6.30. The van der Waals surface area contributed by atoms with Gasteiger partial charge in [-0.25, -0.2) is 0 Å². The molecule has 0 bridgehead atoms. The summed E-state index contributed by atoms with van der Waals surface area (Å²) in [6.07, 6.45) is 4.84. The van der Waals surface area contributed by atoms with Crippen LogP contribution in [-0.2, 0) is 4.74 Å². The number of β-amino-alcohol motifs (C(OH)–C–C–N with tert-alkyl or cyclic N) is 1. The molecule has 2 fully saturated rings. The SMILES string of the molecule is Cl.Cl.OC(COC1CCCC1)CN1CCN(C(c2ccccc2)c2ccccc2)CC1. The van der Waals surface area contributed by atoms with Gasteiger partial charge in [0.2, 0.25) is 0 Å². The second-order valence-corrected chi connectivity index (χ2v) is 8.45. The Labute approximate surface area is 199 Å². The zero-order valence-corrected chi connectivity index (χ0v) is 19.8. The van der Waals surface area contributed by atoms with E-state index >= 15 is 0 Å². The van der Waals surface area contributed by atoms with E-state index in [-0.39, 0.29) is 37.0 Å². The number of hydrogen-bond acceptors (Lipinski definition) is 4.